The highest BCUT2D eigenvalue weighted by molar-refractivity contribution is 6.31. The lowest BCUT2D eigenvalue weighted by atomic mass is 10.1. The van der Waals surface area contributed by atoms with Crippen LogP contribution in [0, 0.1) is 0 Å². The van der Waals surface area contributed by atoms with E-state index in [1.807, 2.05) is 12.1 Å². The minimum absolute atomic E-state index is 0.0762. The molecule has 1 aliphatic heterocycles. The van der Waals surface area contributed by atoms with Gasteiger partial charge in [0.1, 0.15) is 0 Å². The first-order valence-corrected chi connectivity index (χ1v) is 4.32. The molecule has 1 fully saturated rings. The van der Waals surface area contributed by atoms with Crippen LogP contribution in [0.2, 0.25) is 5.02 Å². The molecule has 0 aliphatic carbocycles. The van der Waals surface area contributed by atoms with Gasteiger partial charge in [0.2, 0.25) is 5.91 Å². The van der Waals surface area contributed by atoms with Crippen LogP contribution in [0.1, 0.15) is 6.42 Å². The molecule has 0 atom stereocenters. The molecule has 0 radical (unpaired) electrons. The van der Waals surface area contributed by atoms with Crippen molar-refractivity contribution in [2.45, 2.75) is 6.42 Å². The Morgan fingerprint density at radius 1 is 1.46 bits per heavy atom. The summed E-state index contributed by atoms with van der Waals surface area (Å²) < 4.78 is 0. The molecule has 3 heteroatoms. The summed E-state index contributed by atoms with van der Waals surface area (Å²) in [6.45, 7) is 3.76. The second-order valence-electron chi connectivity index (χ2n) is 2.95. The fourth-order valence-corrected chi connectivity index (χ4v) is 1.54. The van der Waals surface area contributed by atoms with E-state index in [2.05, 4.69) is 6.58 Å². The molecule has 0 N–H and O–H groups in total. The van der Waals surface area contributed by atoms with Crippen molar-refractivity contribution in [2.24, 2.45) is 0 Å². The van der Waals surface area contributed by atoms with Crippen molar-refractivity contribution in [1.82, 2.24) is 0 Å². The molecule has 1 heterocycles. The lowest BCUT2D eigenvalue weighted by molar-refractivity contribution is -0.120. The highest BCUT2D eigenvalue weighted by Gasteiger charge is 2.29. The third-order valence-corrected chi connectivity index (χ3v) is 2.22. The first-order chi connectivity index (χ1) is 6.18. The fraction of sp³-hybridized carbons (Fsp3) is 0.100. The Kier molecular flexibility index (Phi) is 1.85. The SMILES string of the molecule is C=C1CC(=O)N1c1cccc(Cl)c1. The van der Waals surface area contributed by atoms with Crippen LogP contribution >= 0.6 is 11.6 Å². The quantitative estimate of drug-likeness (QED) is 0.628. The Labute approximate surface area is 81.4 Å². The van der Waals surface area contributed by atoms with E-state index in [0.717, 1.165) is 11.4 Å². The molecule has 1 saturated heterocycles. The Hall–Kier alpha value is -1.28. The lowest BCUT2D eigenvalue weighted by Crippen LogP contribution is -2.40. The maximum atomic E-state index is 11.2. The molecule has 13 heavy (non-hydrogen) atoms. The lowest BCUT2D eigenvalue weighted by Gasteiger charge is -2.33. The zero-order valence-electron chi connectivity index (χ0n) is 6.96. The molecule has 2 rings (SSSR count). The summed E-state index contributed by atoms with van der Waals surface area (Å²) in [6.07, 6.45) is 0.451. The fourth-order valence-electron chi connectivity index (χ4n) is 1.36. The number of β-lactam (4-membered cyclic amide) rings is 1. The third-order valence-electron chi connectivity index (χ3n) is 1.99. The smallest absolute Gasteiger partial charge is 0.237 e. The minimum Gasteiger partial charge on any atom is -0.285 e. The first kappa shape index (κ1) is 8.32. The summed E-state index contributed by atoms with van der Waals surface area (Å²) in [5.41, 5.74) is 1.63. The van der Waals surface area contributed by atoms with Gasteiger partial charge < -0.3 is 0 Å². The van der Waals surface area contributed by atoms with Crippen LogP contribution in [0.4, 0.5) is 5.69 Å². The summed E-state index contributed by atoms with van der Waals surface area (Å²) in [6, 6.07) is 7.19. The molecular weight excluding hydrogens is 186 g/mol. The number of amides is 1. The third kappa shape index (κ3) is 1.33. The predicted molar refractivity (Wildman–Crippen MR) is 52.7 cm³/mol. The number of carbonyl (C=O) groups excluding carboxylic acids is 1. The zero-order chi connectivity index (χ0) is 9.42. The summed E-state index contributed by atoms with van der Waals surface area (Å²) in [7, 11) is 0. The van der Waals surface area contributed by atoms with E-state index in [1.165, 1.54) is 0 Å². The Bertz CT molecular complexity index is 372. The number of benzene rings is 1. The average molecular weight is 194 g/mol. The van der Waals surface area contributed by atoms with E-state index in [4.69, 9.17) is 11.6 Å². The van der Waals surface area contributed by atoms with Crippen LogP contribution < -0.4 is 4.90 Å². The van der Waals surface area contributed by atoms with Gasteiger partial charge in [-0.05, 0) is 18.2 Å². The van der Waals surface area contributed by atoms with Crippen LogP contribution in [-0.2, 0) is 4.79 Å². The van der Waals surface area contributed by atoms with E-state index >= 15 is 0 Å². The number of carbonyl (C=O) groups is 1. The van der Waals surface area contributed by atoms with Gasteiger partial charge in [-0.15, -0.1) is 0 Å². The average Bonchev–Trinajstić information content (AvgIpc) is 2.03. The summed E-state index contributed by atoms with van der Waals surface area (Å²) in [5, 5.41) is 0.630. The van der Waals surface area contributed by atoms with Crippen molar-refractivity contribution in [3.63, 3.8) is 0 Å². The normalized spacial score (nSPS) is 15.9. The Balaban J connectivity index is 2.35. The second kappa shape index (κ2) is 2.89. The Morgan fingerprint density at radius 2 is 2.23 bits per heavy atom. The molecule has 1 amide bonds. The number of nitrogens with zero attached hydrogens (tertiary/aromatic N) is 1. The number of rotatable bonds is 1. The van der Waals surface area contributed by atoms with Crippen molar-refractivity contribution >= 4 is 23.2 Å². The molecule has 0 spiro atoms. The van der Waals surface area contributed by atoms with E-state index in [1.54, 1.807) is 17.0 Å². The van der Waals surface area contributed by atoms with Crippen LogP contribution in [0.3, 0.4) is 0 Å². The maximum absolute atomic E-state index is 11.2. The number of halogens is 1. The summed E-state index contributed by atoms with van der Waals surface area (Å²) in [4.78, 5) is 12.7. The number of hydrogen-bond donors (Lipinski definition) is 0. The monoisotopic (exact) mass is 193 g/mol. The minimum atomic E-state index is 0.0762. The first-order valence-electron chi connectivity index (χ1n) is 3.95. The van der Waals surface area contributed by atoms with Gasteiger partial charge in [0.25, 0.3) is 0 Å². The molecule has 1 aromatic rings. The van der Waals surface area contributed by atoms with Gasteiger partial charge in [-0.3, -0.25) is 9.69 Å². The van der Waals surface area contributed by atoms with Gasteiger partial charge in [-0.25, -0.2) is 0 Å². The van der Waals surface area contributed by atoms with Crippen molar-refractivity contribution in [2.75, 3.05) is 4.90 Å². The van der Waals surface area contributed by atoms with Gasteiger partial charge in [0.15, 0.2) is 0 Å². The van der Waals surface area contributed by atoms with Crippen LogP contribution in [0.25, 0.3) is 0 Å². The van der Waals surface area contributed by atoms with Crippen molar-refractivity contribution in [3.05, 3.63) is 41.6 Å². The highest BCUT2D eigenvalue weighted by atomic mass is 35.5. The van der Waals surface area contributed by atoms with Gasteiger partial charge in [-0.2, -0.15) is 0 Å². The number of hydrogen-bond acceptors (Lipinski definition) is 1. The topological polar surface area (TPSA) is 20.3 Å². The molecule has 1 aromatic carbocycles. The molecule has 66 valence electrons. The van der Waals surface area contributed by atoms with Crippen LogP contribution in [-0.4, -0.2) is 5.91 Å². The molecule has 0 aromatic heterocycles. The van der Waals surface area contributed by atoms with E-state index in [9.17, 15) is 4.79 Å². The van der Waals surface area contributed by atoms with E-state index < -0.39 is 0 Å². The second-order valence-corrected chi connectivity index (χ2v) is 3.39. The van der Waals surface area contributed by atoms with Gasteiger partial charge in [0, 0.05) is 10.7 Å². The summed E-state index contributed by atoms with van der Waals surface area (Å²) in [5.74, 6) is 0.0762. The van der Waals surface area contributed by atoms with Crippen molar-refractivity contribution < 1.29 is 4.79 Å². The van der Waals surface area contributed by atoms with Crippen LogP contribution in [0.5, 0.6) is 0 Å². The summed E-state index contributed by atoms with van der Waals surface area (Å²) >= 11 is 5.80. The molecule has 1 aliphatic rings. The predicted octanol–water partition coefficient (Wildman–Crippen LogP) is 2.59. The Morgan fingerprint density at radius 3 is 2.77 bits per heavy atom. The van der Waals surface area contributed by atoms with Gasteiger partial charge in [0.05, 0.1) is 12.1 Å². The van der Waals surface area contributed by atoms with E-state index in [0.29, 0.717) is 11.4 Å². The largest absolute Gasteiger partial charge is 0.285 e. The maximum Gasteiger partial charge on any atom is 0.237 e. The van der Waals surface area contributed by atoms with Crippen molar-refractivity contribution in [1.29, 1.82) is 0 Å². The standard InChI is InChI=1S/C10H8ClNO/c1-7-5-10(13)12(7)9-4-2-3-8(11)6-9/h2-4,6H,1,5H2. The van der Waals surface area contributed by atoms with Crippen LogP contribution in [0.15, 0.2) is 36.5 Å². The highest BCUT2D eigenvalue weighted by Crippen LogP contribution is 2.30. The van der Waals surface area contributed by atoms with Gasteiger partial charge >= 0.3 is 0 Å². The molecule has 2 nitrogen and oxygen atoms in total. The van der Waals surface area contributed by atoms with Crippen molar-refractivity contribution in [3.8, 4) is 0 Å². The molecule has 0 saturated carbocycles. The molecular formula is C10H8ClNO. The van der Waals surface area contributed by atoms with E-state index in [-0.39, 0.29) is 5.91 Å². The zero-order valence-corrected chi connectivity index (χ0v) is 7.71. The number of anilines is 1. The van der Waals surface area contributed by atoms with Gasteiger partial charge in [-0.1, -0.05) is 24.2 Å². The molecule has 0 unspecified atom stereocenters. The molecule has 0 bridgehead atoms.